The van der Waals surface area contributed by atoms with Crippen LogP contribution in [0.5, 0.6) is 23.0 Å². The maximum absolute atomic E-state index is 14.5. The van der Waals surface area contributed by atoms with E-state index in [1.165, 1.54) is 51.1 Å². The van der Waals surface area contributed by atoms with Gasteiger partial charge in [-0.3, -0.25) is 4.79 Å². The number of benzene rings is 2. The number of alkyl halides is 2. The Bertz CT molecular complexity index is 2030. The molecule has 1 amide bonds. The lowest BCUT2D eigenvalue weighted by atomic mass is 10.0. The van der Waals surface area contributed by atoms with Crippen LogP contribution in [-0.2, 0) is 23.1 Å². The number of nitrogens with zero attached hydrogens (tertiary/aromatic N) is 4. The van der Waals surface area contributed by atoms with Crippen LogP contribution in [0.25, 0.3) is 0 Å². The first-order valence-electron chi connectivity index (χ1n) is 17.2. The number of anilines is 2. The Hall–Kier alpha value is -5.02. The van der Waals surface area contributed by atoms with E-state index in [1.807, 2.05) is 6.92 Å². The molecule has 0 atom stereocenters. The lowest BCUT2D eigenvalue weighted by Crippen LogP contribution is -2.40. The maximum atomic E-state index is 14.5. The normalized spacial score (nSPS) is 15.6. The SMILES string of the molecule is COc1ccc(CN(Cc2ccc(OC)cc2OC)S(=O)(=O)c2cc(NC(=O)c3cc(C4CC4)c(C)nc3N3CCC(F)(F)CC3)ccn2)c(OC)c1. The molecule has 0 unspecified atom stereocenters. The number of ether oxygens (including phenoxy) is 4. The summed E-state index contributed by atoms with van der Waals surface area (Å²) in [7, 11) is 1.67. The van der Waals surface area contributed by atoms with Gasteiger partial charge in [-0.1, -0.05) is 12.1 Å². The van der Waals surface area contributed by atoms with E-state index in [1.54, 1.807) is 47.4 Å². The summed E-state index contributed by atoms with van der Waals surface area (Å²) in [4.78, 5) is 24.7. The van der Waals surface area contributed by atoms with E-state index < -0.39 is 21.9 Å². The minimum atomic E-state index is -4.35. The fraction of sp³-hybridized carbons (Fsp3) is 0.395. The van der Waals surface area contributed by atoms with E-state index in [0.717, 1.165) is 24.1 Å². The number of methoxy groups -OCH3 is 4. The third kappa shape index (κ3) is 8.46. The summed E-state index contributed by atoms with van der Waals surface area (Å²) in [5.74, 6) is -0.777. The number of hydrogen-bond acceptors (Lipinski definition) is 10. The average molecular weight is 752 g/mol. The van der Waals surface area contributed by atoms with E-state index >= 15 is 0 Å². The molecule has 1 saturated carbocycles. The van der Waals surface area contributed by atoms with Gasteiger partial charge in [-0.2, -0.15) is 4.31 Å². The number of nitrogens with one attached hydrogen (secondary N) is 1. The molecule has 15 heteroatoms. The van der Waals surface area contributed by atoms with Gasteiger partial charge in [0.2, 0.25) is 0 Å². The van der Waals surface area contributed by atoms with Crippen molar-refractivity contribution in [1.82, 2.24) is 14.3 Å². The molecule has 0 radical (unpaired) electrons. The summed E-state index contributed by atoms with van der Waals surface area (Å²) in [6, 6.07) is 14.8. The quantitative estimate of drug-likeness (QED) is 0.151. The molecule has 53 heavy (non-hydrogen) atoms. The number of halogens is 2. The summed E-state index contributed by atoms with van der Waals surface area (Å²) in [5.41, 5.74) is 3.25. The highest BCUT2D eigenvalue weighted by Crippen LogP contribution is 2.43. The summed E-state index contributed by atoms with van der Waals surface area (Å²) in [6.45, 7) is 1.74. The molecule has 12 nitrogen and oxygen atoms in total. The number of hydrogen-bond donors (Lipinski definition) is 1. The Morgan fingerprint density at radius 3 is 2.00 bits per heavy atom. The summed E-state index contributed by atoms with van der Waals surface area (Å²) in [6.07, 6.45) is 2.58. The van der Waals surface area contributed by atoms with Gasteiger partial charge in [-0.05, 0) is 55.5 Å². The number of piperidine rings is 1. The largest absolute Gasteiger partial charge is 0.497 e. The van der Waals surface area contributed by atoms with Crippen LogP contribution < -0.4 is 29.2 Å². The summed E-state index contributed by atoms with van der Waals surface area (Å²) >= 11 is 0. The molecule has 2 fully saturated rings. The van der Waals surface area contributed by atoms with Crippen LogP contribution in [0.4, 0.5) is 20.3 Å². The molecule has 0 spiro atoms. The number of pyridine rings is 2. The van der Waals surface area contributed by atoms with Crippen LogP contribution in [0.3, 0.4) is 0 Å². The molecule has 1 N–H and O–H groups in total. The first kappa shape index (κ1) is 37.7. The van der Waals surface area contributed by atoms with Crippen molar-refractivity contribution in [2.45, 2.75) is 62.6 Å². The van der Waals surface area contributed by atoms with E-state index in [0.29, 0.717) is 39.9 Å². The van der Waals surface area contributed by atoms with Crippen LogP contribution in [0, 0.1) is 6.92 Å². The molecule has 1 aliphatic heterocycles. The molecule has 4 aromatic rings. The topological polar surface area (TPSA) is 132 Å². The van der Waals surface area contributed by atoms with Crippen molar-refractivity contribution in [2.24, 2.45) is 0 Å². The Morgan fingerprint density at radius 1 is 0.887 bits per heavy atom. The van der Waals surface area contributed by atoms with Gasteiger partial charge in [0.05, 0.1) is 34.0 Å². The van der Waals surface area contributed by atoms with Gasteiger partial charge in [0.25, 0.3) is 21.9 Å². The molecule has 1 saturated heterocycles. The number of aryl methyl sites for hydroxylation is 1. The van der Waals surface area contributed by atoms with Gasteiger partial charge in [0.1, 0.15) is 28.8 Å². The van der Waals surface area contributed by atoms with Crippen LogP contribution in [-0.4, -0.2) is 76.0 Å². The predicted molar refractivity (Wildman–Crippen MR) is 195 cm³/mol. The summed E-state index contributed by atoms with van der Waals surface area (Å²) < 4.78 is 80.2. The zero-order valence-corrected chi connectivity index (χ0v) is 31.1. The minimum absolute atomic E-state index is 0.0495. The van der Waals surface area contributed by atoms with Crippen molar-refractivity contribution in [1.29, 1.82) is 0 Å². The molecule has 282 valence electrons. The lowest BCUT2D eigenvalue weighted by Gasteiger charge is -2.33. The maximum Gasteiger partial charge on any atom is 0.261 e. The zero-order valence-electron chi connectivity index (χ0n) is 30.3. The van der Waals surface area contributed by atoms with Crippen molar-refractivity contribution >= 4 is 27.4 Å². The van der Waals surface area contributed by atoms with Crippen LogP contribution in [0.2, 0.25) is 0 Å². The number of sulfonamides is 1. The van der Waals surface area contributed by atoms with Crippen molar-refractivity contribution in [3.63, 3.8) is 0 Å². The van der Waals surface area contributed by atoms with Gasteiger partial charge in [0.15, 0.2) is 5.03 Å². The van der Waals surface area contributed by atoms with Gasteiger partial charge in [-0.15, -0.1) is 0 Å². The lowest BCUT2D eigenvalue weighted by molar-refractivity contribution is -0.0221. The Labute approximate surface area is 308 Å². The van der Waals surface area contributed by atoms with Crippen LogP contribution in [0.1, 0.15) is 64.3 Å². The second-order valence-corrected chi connectivity index (χ2v) is 15.0. The number of rotatable bonds is 14. The minimum Gasteiger partial charge on any atom is -0.497 e. The summed E-state index contributed by atoms with van der Waals surface area (Å²) in [5, 5.41) is 2.52. The number of aromatic nitrogens is 2. The van der Waals surface area contributed by atoms with E-state index in [2.05, 4.69) is 10.3 Å². The fourth-order valence-electron chi connectivity index (χ4n) is 6.40. The molecule has 3 heterocycles. The molecule has 1 aliphatic carbocycles. The standard InChI is InChI=1S/C38H43F2N5O7S/c1-24-31(25-6-7-25)21-32(36(42-24)44-16-13-38(39,40)14-17-44)37(46)43-28-12-15-41-35(18-28)53(47,48)45(22-26-8-10-29(49-2)19-33(26)51-4)23-27-9-11-30(50-3)20-34(27)52-5/h8-12,15,18-21,25H,6-7,13-14,16-17,22-23H2,1-5H3,(H,41,43,46). The van der Waals surface area contributed by atoms with Crippen LogP contribution >= 0.6 is 0 Å². The molecule has 0 bridgehead atoms. The van der Waals surface area contributed by atoms with Gasteiger partial charge in [-0.25, -0.2) is 27.2 Å². The van der Waals surface area contributed by atoms with Gasteiger partial charge < -0.3 is 29.2 Å². The number of carbonyl (C=O) groups excluding carboxylic acids is 1. The highest BCUT2D eigenvalue weighted by atomic mass is 32.2. The third-order valence-corrected chi connectivity index (χ3v) is 11.3. The van der Waals surface area contributed by atoms with E-state index in [-0.39, 0.29) is 61.2 Å². The highest BCUT2D eigenvalue weighted by molar-refractivity contribution is 7.89. The molecule has 2 aromatic carbocycles. The van der Waals surface area contributed by atoms with Crippen molar-refractivity contribution < 1.29 is 40.9 Å². The second-order valence-electron chi connectivity index (χ2n) is 13.1. The van der Waals surface area contributed by atoms with Crippen molar-refractivity contribution in [2.75, 3.05) is 51.7 Å². The molecule has 6 rings (SSSR count). The van der Waals surface area contributed by atoms with Gasteiger partial charge >= 0.3 is 0 Å². The van der Waals surface area contributed by atoms with Gasteiger partial charge in [0, 0.05) is 85.9 Å². The molecular formula is C38H43F2N5O7S. The smallest absolute Gasteiger partial charge is 0.261 e. The number of amides is 1. The van der Waals surface area contributed by atoms with E-state index in [9.17, 15) is 22.0 Å². The molecule has 2 aliphatic rings. The zero-order chi connectivity index (χ0) is 37.9. The Balaban J connectivity index is 1.33. The molecule has 2 aromatic heterocycles. The first-order valence-corrected chi connectivity index (χ1v) is 18.6. The van der Waals surface area contributed by atoms with Crippen LogP contribution in [0.15, 0.2) is 65.8 Å². The first-order chi connectivity index (χ1) is 25.3. The third-order valence-electron chi connectivity index (χ3n) is 9.57. The van der Waals surface area contributed by atoms with Crippen molar-refractivity contribution in [3.8, 4) is 23.0 Å². The van der Waals surface area contributed by atoms with E-state index in [4.69, 9.17) is 23.9 Å². The molecular weight excluding hydrogens is 709 g/mol. The average Bonchev–Trinajstić information content (AvgIpc) is 4.00. The Morgan fingerprint density at radius 2 is 1.47 bits per heavy atom. The Kier molecular flexibility index (Phi) is 11.1. The second kappa shape index (κ2) is 15.5. The fourth-order valence-corrected chi connectivity index (χ4v) is 7.75. The highest BCUT2D eigenvalue weighted by Gasteiger charge is 2.37. The number of carbonyl (C=O) groups is 1. The monoisotopic (exact) mass is 751 g/mol. The van der Waals surface area contributed by atoms with Crippen molar-refractivity contribution in [3.05, 3.63) is 88.7 Å². The predicted octanol–water partition coefficient (Wildman–Crippen LogP) is 6.58.